The molecule has 0 aromatic carbocycles. The first-order valence-corrected chi connectivity index (χ1v) is 5.11. The lowest BCUT2D eigenvalue weighted by molar-refractivity contribution is -0.136. The van der Waals surface area contributed by atoms with Crippen LogP contribution < -0.4 is 0 Å². The Morgan fingerprint density at radius 2 is 2.25 bits per heavy atom. The van der Waals surface area contributed by atoms with Gasteiger partial charge in [0.1, 0.15) is 0 Å². The Kier molecular flexibility index (Phi) is 4.00. The van der Waals surface area contributed by atoms with Crippen molar-refractivity contribution >= 4 is 5.97 Å². The summed E-state index contributed by atoms with van der Waals surface area (Å²) in [5.74, 6) is -0.905. The molecule has 0 aliphatic carbocycles. The monoisotopic (exact) mass is 227 g/mol. The second-order valence-corrected chi connectivity index (χ2v) is 4.50. The minimum Gasteiger partial charge on any atom is -0.481 e. The largest absolute Gasteiger partial charge is 0.481 e. The van der Waals surface area contributed by atoms with Crippen LogP contribution in [0, 0.1) is 0 Å². The smallest absolute Gasteiger partial charge is 0.309 e. The van der Waals surface area contributed by atoms with Gasteiger partial charge < -0.3 is 9.84 Å². The minimum absolute atomic E-state index is 0.0971. The van der Waals surface area contributed by atoms with Crippen molar-refractivity contribution in [2.75, 3.05) is 6.61 Å². The SMILES string of the molecule is CC(C)(C)OCCn1cc(CC(=O)O)nn1. The number of nitrogens with zero attached hydrogens (tertiary/aromatic N) is 3. The third kappa shape index (κ3) is 4.88. The van der Waals surface area contributed by atoms with Gasteiger partial charge in [0.15, 0.2) is 0 Å². The molecule has 0 unspecified atom stereocenters. The quantitative estimate of drug-likeness (QED) is 0.802. The van der Waals surface area contributed by atoms with Crippen LogP contribution in [0.15, 0.2) is 6.20 Å². The Bertz CT molecular complexity index is 354. The second kappa shape index (κ2) is 5.07. The number of aromatic nitrogens is 3. The van der Waals surface area contributed by atoms with E-state index >= 15 is 0 Å². The normalized spacial score (nSPS) is 11.7. The fourth-order valence-corrected chi connectivity index (χ4v) is 1.13. The molecule has 6 nitrogen and oxygen atoms in total. The van der Waals surface area contributed by atoms with Crippen molar-refractivity contribution in [3.8, 4) is 0 Å². The maximum Gasteiger partial charge on any atom is 0.309 e. The molecule has 6 heteroatoms. The summed E-state index contributed by atoms with van der Waals surface area (Å²) in [5.41, 5.74) is 0.285. The van der Waals surface area contributed by atoms with E-state index in [2.05, 4.69) is 10.3 Å². The first kappa shape index (κ1) is 12.6. The summed E-state index contributed by atoms with van der Waals surface area (Å²) in [4.78, 5) is 10.4. The maximum atomic E-state index is 10.4. The highest BCUT2D eigenvalue weighted by atomic mass is 16.5. The molecule has 0 bridgehead atoms. The van der Waals surface area contributed by atoms with Gasteiger partial charge in [-0.25, -0.2) is 4.68 Å². The van der Waals surface area contributed by atoms with Gasteiger partial charge in [-0.3, -0.25) is 4.79 Å². The van der Waals surface area contributed by atoms with Crippen molar-refractivity contribution in [1.82, 2.24) is 15.0 Å². The molecule has 16 heavy (non-hydrogen) atoms. The van der Waals surface area contributed by atoms with Gasteiger partial charge in [0, 0.05) is 6.20 Å². The van der Waals surface area contributed by atoms with E-state index < -0.39 is 5.97 Å². The van der Waals surface area contributed by atoms with Crippen molar-refractivity contribution in [3.05, 3.63) is 11.9 Å². The van der Waals surface area contributed by atoms with Crippen LogP contribution in [0.4, 0.5) is 0 Å². The summed E-state index contributed by atoms with van der Waals surface area (Å²) in [5, 5.41) is 16.1. The molecule has 1 N–H and O–H groups in total. The van der Waals surface area contributed by atoms with E-state index in [1.807, 2.05) is 20.8 Å². The van der Waals surface area contributed by atoms with Crippen LogP contribution in [0.25, 0.3) is 0 Å². The van der Waals surface area contributed by atoms with Crippen molar-refractivity contribution in [2.24, 2.45) is 0 Å². The number of ether oxygens (including phenoxy) is 1. The Balaban J connectivity index is 2.38. The molecule has 0 fully saturated rings. The molecule has 0 radical (unpaired) electrons. The van der Waals surface area contributed by atoms with E-state index in [4.69, 9.17) is 9.84 Å². The van der Waals surface area contributed by atoms with Gasteiger partial charge in [-0.05, 0) is 20.8 Å². The highest BCUT2D eigenvalue weighted by Crippen LogP contribution is 2.06. The first-order valence-electron chi connectivity index (χ1n) is 5.11. The summed E-state index contributed by atoms with van der Waals surface area (Å²) in [6.07, 6.45) is 1.53. The van der Waals surface area contributed by atoms with E-state index in [9.17, 15) is 4.79 Å². The van der Waals surface area contributed by atoms with Crippen molar-refractivity contribution in [2.45, 2.75) is 39.3 Å². The number of hydrogen-bond donors (Lipinski definition) is 1. The molecular formula is C10H17N3O3. The molecule has 0 saturated carbocycles. The van der Waals surface area contributed by atoms with Crippen LogP contribution in [0.1, 0.15) is 26.5 Å². The van der Waals surface area contributed by atoms with Crippen LogP contribution in [-0.2, 0) is 22.5 Å². The standard InChI is InChI=1S/C10H17N3O3/c1-10(2,3)16-5-4-13-7-8(11-12-13)6-9(14)15/h7H,4-6H2,1-3H3,(H,14,15). The average Bonchev–Trinajstić information content (AvgIpc) is 2.49. The zero-order chi connectivity index (χ0) is 12.2. The maximum absolute atomic E-state index is 10.4. The van der Waals surface area contributed by atoms with E-state index in [1.54, 1.807) is 10.9 Å². The molecule has 1 aromatic heterocycles. The van der Waals surface area contributed by atoms with Gasteiger partial charge in [0.05, 0.1) is 30.9 Å². The predicted molar refractivity (Wildman–Crippen MR) is 57.1 cm³/mol. The van der Waals surface area contributed by atoms with E-state index in [0.29, 0.717) is 18.8 Å². The summed E-state index contributed by atoms with van der Waals surface area (Å²) in [6, 6.07) is 0. The Morgan fingerprint density at radius 1 is 1.56 bits per heavy atom. The minimum atomic E-state index is -0.905. The number of carbonyl (C=O) groups is 1. The van der Waals surface area contributed by atoms with Crippen molar-refractivity contribution < 1.29 is 14.6 Å². The fourth-order valence-electron chi connectivity index (χ4n) is 1.13. The molecule has 1 rings (SSSR count). The number of hydrogen-bond acceptors (Lipinski definition) is 4. The highest BCUT2D eigenvalue weighted by molar-refractivity contribution is 5.69. The van der Waals surface area contributed by atoms with Crippen molar-refractivity contribution in [1.29, 1.82) is 0 Å². The van der Waals surface area contributed by atoms with E-state index in [0.717, 1.165) is 0 Å². The summed E-state index contributed by atoms with van der Waals surface area (Å²) >= 11 is 0. The lowest BCUT2D eigenvalue weighted by atomic mass is 10.2. The number of carboxylic acid groups (broad SMARTS) is 1. The average molecular weight is 227 g/mol. The second-order valence-electron chi connectivity index (χ2n) is 4.50. The summed E-state index contributed by atoms with van der Waals surface area (Å²) < 4.78 is 7.11. The van der Waals surface area contributed by atoms with Gasteiger partial charge in [0.2, 0.25) is 0 Å². The topological polar surface area (TPSA) is 77.2 Å². The van der Waals surface area contributed by atoms with E-state index in [-0.39, 0.29) is 12.0 Å². The first-order chi connectivity index (χ1) is 7.37. The molecule has 0 saturated heterocycles. The Morgan fingerprint density at radius 3 is 2.81 bits per heavy atom. The lowest BCUT2D eigenvalue weighted by Crippen LogP contribution is -2.22. The Labute approximate surface area is 94.2 Å². The molecule has 0 atom stereocenters. The number of rotatable bonds is 5. The molecule has 0 aliphatic heterocycles. The zero-order valence-corrected chi connectivity index (χ0v) is 9.80. The van der Waals surface area contributed by atoms with Gasteiger partial charge in [0.25, 0.3) is 0 Å². The van der Waals surface area contributed by atoms with Crippen LogP contribution in [0.2, 0.25) is 0 Å². The van der Waals surface area contributed by atoms with Gasteiger partial charge >= 0.3 is 5.97 Å². The van der Waals surface area contributed by atoms with E-state index in [1.165, 1.54) is 0 Å². The van der Waals surface area contributed by atoms with Gasteiger partial charge in [-0.2, -0.15) is 0 Å². The summed E-state index contributed by atoms with van der Waals surface area (Å²) in [7, 11) is 0. The third-order valence-corrected chi connectivity index (χ3v) is 1.77. The molecule has 1 heterocycles. The molecule has 90 valence electrons. The van der Waals surface area contributed by atoms with Gasteiger partial charge in [-0.1, -0.05) is 5.21 Å². The van der Waals surface area contributed by atoms with Crippen LogP contribution in [-0.4, -0.2) is 38.3 Å². The number of carboxylic acids is 1. The zero-order valence-electron chi connectivity index (χ0n) is 9.80. The van der Waals surface area contributed by atoms with Crippen LogP contribution in [0.3, 0.4) is 0 Å². The summed E-state index contributed by atoms with van der Waals surface area (Å²) in [6.45, 7) is 7.03. The molecule has 1 aromatic rings. The fraction of sp³-hybridized carbons (Fsp3) is 0.700. The lowest BCUT2D eigenvalue weighted by Gasteiger charge is -2.19. The highest BCUT2D eigenvalue weighted by Gasteiger charge is 2.10. The van der Waals surface area contributed by atoms with Gasteiger partial charge in [-0.15, -0.1) is 5.10 Å². The molecular weight excluding hydrogens is 210 g/mol. The number of aliphatic carboxylic acids is 1. The Hall–Kier alpha value is -1.43. The molecule has 0 amide bonds. The predicted octanol–water partition coefficient (Wildman–Crippen LogP) is 0.720. The van der Waals surface area contributed by atoms with Crippen molar-refractivity contribution in [3.63, 3.8) is 0 Å². The third-order valence-electron chi connectivity index (χ3n) is 1.77. The van der Waals surface area contributed by atoms with Crippen LogP contribution in [0.5, 0.6) is 0 Å². The molecule has 0 aliphatic rings. The molecule has 0 spiro atoms. The van der Waals surface area contributed by atoms with Crippen LogP contribution >= 0.6 is 0 Å².